The second-order valence-electron chi connectivity index (χ2n) is 4.19. The van der Waals surface area contributed by atoms with E-state index in [0.717, 1.165) is 0 Å². The Morgan fingerprint density at radius 3 is 2.43 bits per heavy atom. The fraction of sp³-hybridized carbons (Fsp3) is 0.900. The van der Waals surface area contributed by atoms with Crippen LogP contribution < -0.4 is 5.73 Å². The van der Waals surface area contributed by atoms with E-state index in [9.17, 15) is 4.79 Å². The molecule has 1 atom stereocenters. The van der Waals surface area contributed by atoms with Crippen LogP contribution in [0, 0.1) is 0 Å². The van der Waals surface area contributed by atoms with Gasteiger partial charge < -0.3 is 15.2 Å². The van der Waals surface area contributed by atoms with Gasteiger partial charge in [-0.1, -0.05) is 0 Å². The summed E-state index contributed by atoms with van der Waals surface area (Å²) < 4.78 is 10.2. The lowest BCUT2D eigenvalue weighted by atomic mass is 10.2. The van der Waals surface area contributed by atoms with Crippen molar-refractivity contribution in [2.24, 2.45) is 5.73 Å². The van der Waals surface area contributed by atoms with Gasteiger partial charge in [-0.3, -0.25) is 4.79 Å². The molecule has 0 spiro atoms. The molecule has 0 radical (unpaired) electrons. The Bertz CT molecular complexity index is 175. The Balaban J connectivity index is 3.65. The van der Waals surface area contributed by atoms with E-state index in [1.165, 1.54) is 0 Å². The zero-order valence-corrected chi connectivity index (χ0v) is 9.50. The van der Waals surface area contributed by atoms with E-state index < -0.39 is 0 Å². The van der Waals surface area contributed by atoms with Crippen LogP contribution in [0.15, 0.2) is 0 Å². The van der Waals surface area contributed by atoms with Crippen molar-refractivity contribution in [3.05, 3.63) is 0 Å². The third-order valence-corrected chi connectivity index (χ3v) is 1.46. The number of nitrogens with two attached hydrogens (primary N) is 1. The van der Waals surface area contributed by atoms with Crippen LogP contribution in [-0.2, 0) is 14.3 Å². The molecular formula is C10H21NO3. The smallest absolute Gasteiger partial charge is 0.307 e. The van der Waals surface area contributed by atoms with Crippen LogP contribution in [0.25, 0.3) is 0 Å². The van der Waals surface area contributed by atoms with Gasteiger partial charge in [-0.2, -0.15) is 0 Å². The summed E-state index contributed by atoms with van der Waals surface area (Å²) in [5.74, 6) is -0.266. The largest absolute Gasteiger partial charge is 0.466 e. The highest BCUT2D eigenvalue weighted by molar-refractivity contribution is 5.70. The topological polar surface area (TPSA) is 61.5 Å². The van der Waals surface area contributed by atoms with Crippen LogP contribution in [0.3, 0.4) is 0 Å². The number of hydrogen-bond acceptors (Lipinski definition) is 4. The molecule has 0 aromatic heterocycles. The van der Waals surface area contributed by atoms with Crippen LogP contribution >= 0.6 is 0 Å². The summed E-state index contributed by atoms with van der Waals surface area (Å²) in [7, 11) is 0. The van der Waals surface area contributed by atoms with Crippen LogP contribution in [-0.4, -0.2) is 30.8 Å². The summed E-state index contributed by atoms with van der Waals surface area (Å²) >= 11 is 0. The van der Waals surface area contributed by atoms with Gasteiger partial charge in [-0.05, 0) is 27.7 Å². The summed E-state index contributed by atoms with van der Waals surface area (Å²) in [6.07, 6.45) is 0.212. The van der Waals surface area contributed by atoms with Crippen molar-refractivity contribution in [3.8, 4) is 0 Å². The number of carbonyl (C=O) groups excluding carboxylic acids is 1. The lowest BCUT2D eigenvalue weighted by Crippen LogP contribution is -2.34. The monoisotopic (exact) mass is 203 g/mol. The molecule has 0 rings (SSSR count). The molecule has 0 bridgehead atoms. The molecule has 2 N–H and O–H groups in total. The number of rotatable bonds is 5. The molecule has 0 aliphatic heterocycles. The lowest BCUT2D eigenvalue weighted by Gasteiger charge is -2.22. The lowest BCUT2D eigenvalue weighted by molar-refractivity contribution is -0.144. The van der Waals surface area contributed by atoms with E-state index in [-0.39, 0.29) is 24.0 Å². The zero-order valence-electron chi connectivity index (χ0n) is 9.50. The van der Waals surface area contributed by atoms with E-state index in [4.69, 9.17) is 15.2 Å². The Hall–Kier alpha value is -0.610. The molecule has 4 heteroatoms. The van der Waals surface area contributed by atoms with Crippen molar-refractivity contribution in [2.75, 3.05) is 13.2 Å². The van der Waals surface area contributed by atoms with Crippen LogP contribution in [0.4, 0.5) is 0 Å². The number of esters is 1. The maximum atomic E-state index is 11.0. The minimum atomic E-state index is -0.284. The predicted octanol–water partition coefficient (Wildman–Crippen LogP) is 1.08. The van der Waals surface area contributed by atoms with Crippen LogP contribution in [0.5, 0.6) is 0 Å². The third-order valence-electron chi connectivity index (χ3n) is 1.46. The fourth-order valence-electron chi connectivity index (χ4n) is 0.850. The Kier molecular flexibility index (Phi) is 5.72. The molecule has 0 unspecified atom stereocenters. The molecule has 0 saturated carbocycles. The second kappa shape index (κ2) is 5.98. The average Bonchev–Trinajstić information content (AvgIpc) is 2.00. The number of hydrogen-bond donors (Lipinski definition) is 1. The second-order valence-corrected chi connectivity index (χ2v) is 4.19. The highest BCUT2D eigenvalue weighted by Gasteiger charge is 2.15. The molecule has 0 aliphatic carbocycles. The van der Waals surface area contributed by atoms with Gasteiger partial charge in [0.05, 0.1) is 25.2 Å². The first-order valence-electron chi connectivity index (χ1n) is 4.90. The van der Waals surface area contributed by atoms with Gasteiger partial charge in [0.15, 0.2) is 0 Å². The first kappa shape index (κ1) is 13.4. The van der Waals surface area contributed by atoms with Gasteiger partial charge in [0.1, 0.15) is 0 Å². The maximum Gasteiger partial charge on any atom is 0.307 e. The molecule has 0 aromatic carbocycles. The van der Waals surface area contributed by atoms with E-state index in [0.29, 0.717) is 13.2 Å². The van der Waals surface area contributed by atoms with Gasteiger partial charge in [-0.25, -0.2) is 0 Å². The zero-order chi connectivity index (χ0) is 11.2. The normalized spacial score (nSPS) is 13.8. The van der Waals surface area contributed by atoms with Crippen LogP contribution in [0.1, 0.15) is 34.1 Å². The summed E-state index contributed by atoms with van der Waals surface area (Å²) in [5.41, 5.74) is 5.47. The molecule has 0 fully saturated rings. The molecule has 0 heterocycles. The molecule has 0 saturated heterocycles. The van der Waals surface area contributed by atoms with E-state index in [2.05, 4.69) is 0 Å². The van der Waals surface area contributed by atoms with Crippen molar-refractivity contribution in [1.29, 1.82) is 0 Å². The van der Waals surface area contributed by atoms with Crippen molar-refractivity contribution in [1.82, 2.24) is 0 Å². The fourth-order valence-corrected chi connectivity index (χ4v) is 0.850. The third kappa shape index (κ3) is 8.01. The Morgan fingerprint density at radius 2 is 2.00 bits per heavy atom. The van der Waals surface area contributed by atoms with E-state index in [1.807, 2.05) is 20.8 Å². The number of ether oxygens (including phenoxy) is 2. The van der Waals surface area contributed by atoms with Crippen molar-refractivity contribution < 1.29 is 14.3 Å². The summed E-state index contributed by atoms with van der Waals surface area (Å²) in [4.78, 5) is 11.0. The van der Waals surface area contributed by atoms with Crippen molar-refractivity contribution >= 4 is 5.97 Å². The first-order chi connectivity index (χ1) is 6.35. The highest BCUT2D eigenvalue weighted by Crippen LogP contribution is 2.07. The van der Waals surface area contributed by atoms with E-state index in [1.54, 1.807) is 6.92 Å². The summed E-state index contributed by atoms with van der Waals surface area (Å²) in [5, 5.41) is 0. The Morgan fingerprint density at radius 1 is 1.43 bits per heavy atom. The molecule has 0 amide bonds. The molecule has 84 valence electrons. The van der Waals surface area contributed by atoms with Gasteiger partial charge in [0.2, 0.25) is 0 Å². The standard InChI is InChI=1S/C10H21NO3/c1-5-13-9(12)6-8(11)7-14-10(2,3)4/h8H,5-7,11H2,1-4H3/t8-/m0/s1. The highest BCUT2D eigenvalue weighted by atomic mass is 16.5. The number of carbonyl (C=O) groups is 1. The van der Waals surface area contributed by atoms with E-state index >= 15 is 0 Å². The first-order valence-corrected chi connectivity index (χ1v) is 4.90. The van der Waals surface area contributed by atoms with Crippen molar-refractivity contribution in [3.63, 3.8) is 0 Å². The SMILES string of the molecule is CCOC(=O)C[C@H](N)COC(C)(C)C. The van der Waals surface area contributed by atoms with Gasteiger partial charge in [0, 0.05) is 6.04 Å². The summed E-state index contributed by atoms with van der Waals surface area (Å²) in [6.45, 7) is 8.39. The van der Waals surface area contributed by atoms with Crippen LogP contribution in [0.2, 0.25) is 0 Å². The quantitative estimate of drug-likeness (QED) is 0.679. The van der Waals surface area contributed by atoms with Gasteiger partial charge in [0.25, 0.3) is 0 Å². The molecule has 0 aliphatic rings. The Labute approximate surface area is 85.8 Å². The maximum absolute atomic E-state index is 11.0. The average molecular weight is 203 g/mol. The molecule has 0 aromatic rings. The molecular weight excluding hydrogens is 182 g/mol. The minimum absolute atomic E-state index is 0.212. The van der Waals surface area contributed by atoms with Gasteiger partial charge in [-0.15, -0.1) is 0 Å². The van der Waals surface area contributed by atoms with Crippen molar-refractivity contribution in [2.45, 2.75) is 45.8 Å². The summed E-state index contributed by atoms with van der Waals surface area (Å²) in [6, 6.07) is -0.284. The molecule has 14 heavy (non-hydrogen) atoms. The minimum Gasteiger partial charge on any atom is -0.466 e. The predicted molar refractivity (Wildman–Crippen MR) is 54.9 cm³/mol. The van der Waals surface area contributed by atoms with Gasteiger partial charge >= 0.3 is 5.97 Å². The molecule has 4 nitrogen and oxygen atoms in total.